The highest BCUT2D eigenvalue weighted by Crippen LogP contribution is 2.30. The molecular weight excluding hydrogens is 328 g/mol. The Bertz CT molecular complexity index is 958. The van der Waals surface area contributed by atoms with Crippen molar-refractivity contribution in [3.63, 3.8) is 0 Å². The van der Waals surface area contributed by atoms with E-state index >= 15 is 0 Å². The van der Waals surface area contributed by atoms with Crippen LogP contribution in [0.15, 0.2) is 72.3 Å². The zero-order valence-electron chi connectivity index (χ0n) is 13.9. The van der Waals surface area contributed by atoms with Crippen LogP contribution in [-0.2, 0) is 6.42 Å². The molecule has 128 valence electrons. The molecule has 0 saturated heterocycles. The van der Waals surface area contributed by atoms with Crippen LogP contribution < -0.4 is 5.32 Å². The lowest BCUT2D eigenvalue weighted by atomic mass is 10.0. The summed E-state index contributed by atoms with van der Waals surface area (Å²) in [6.07, 6.45) is 14.5. The van der Waals surface area contributed by atoms with Gasteiger partial charge in [0.1, 0.15) is 0 Å². The lowest BCUT2D eigenvalue weighted by Crippen LogP contribution is -2.09. The average Bonchev–Trinajstić information content (AvgIpc) is 3.24. The van der Waals surface area contributed by atoms with Gasteiger partial charge in [0.25, 0.3) is 0 Å². The van der Waals surface area contributed by atoms with Crippen molar-refractivity contribution in [2.75, 3.05) is 11.9 Å². The molecule has 0 unspecified atom stereocenters. The fourth-order valence-corrected chi connectivity index (χ4v) is 2.59. The van der Waals surface area contributed by atoms with Gasteiger partial charge in [0.15, 0.2) is 0 Å². The standard InChI is InChI=1S/C19H16N6O/c1-5-20-6-2-14(1)17-12-24-19(25-18(17)15-4-10-26-13-15)23-7-3-16-11-21-8-9-22-16/h1-2,4-6,8-13H,3,7H2,(H,23,24,25). The van der Waals surface area contributed by atoms with E-state index in [-0.39, 0.29) is 0 Å². The molecule has 0 aliphatic carbocycles. The van der Waals surface area contributed by atoms with Crippen LogP contribution in [0.3, 0.4) is 0 Å². The molecule has 0 fully saturated rings. The minimum atomic E-state index is 0.558. The van der Waals surface area contributed by atoms with E-state index in [2.05, 4.69) is 30.2 Å². The molecule has 0 spiro atoms. The van der Waals surface area contributed by atoms with Gasteiger partial charge in [-0.05, 0) is 23.8 Å². The third-order valence-electron chi connectivity index (χ3n) is 3.86. The van der Waals surface area contributed by atoms with Gasteiger partial charge in [-0.3, -0.25) is 15.0 Å². The van der Waals surface area contributed by atoms with E-state index in [0.29, 0.717) is 12.5 Å². The number of hydrogen-bond donors (Lipinski definition) is 1. The second kappa shape index (κ2) is 7.52. The Hall–Kier alpha value is -3.61. The smallest absolute Gasteiger partial charge is 0.223 e. The summed E-state index contributed by atoms with van der Waals surface area (Å²) in [5.74, 6) is 0.558. The van der Waals surface area contributed by atoms with Gasteiger partial charge in [-0.1, -0.05) is 0 Å². The summed E-state index contributed by atoms with van der Waals surface area (Å²) < 4.78 is 5.23. The second-order valence-electron chi connectivity index (χ2n) is 5.58. The van der Waals surface area contributed by atoms with E-state index in [1.54, 1.807) is 43.5 Å². The van der Waals surface area contributed by atoms with Crippen LogP contribution in [0.5, 0.6) is 0 Å². The lowest BCUT2D eigenvalue weighted by molar-refractivity contribution is 0.568. The third-order valence-corrected chi connectivity index (χ3v) is 3.86. The fourth-order valence-electron chi connectivity index (χ4n) is 2.59. The first kappa shape index (κ1) is 15.9. The predicted octanol–water partition coefficient (Wildman–Crippen LogP) is 3.24. The molecule has 0 aromatic carbocycles. The monoisotopic (exact) mass is 344 g/mol. The summed E-state index contributed by atoms with van der Waals surface area (Å²) >= 11 is 0. The Morgan fingerprint density at radius 1 is 0.885 bits per heavy atom. The van der Waals surface area contributed by atoms with Crippen molar-refractivity contribution in [2.24, 2.45) is 0 Å². The number of pyridine rings is 1. The maximum atomic E-state index is 5.23. The molecule has 0 aliphatic heterocycles. The molecule has 0 amide bonds. The molecule has 0 saturated carbocycles. The fraction of sp³-hybridized carbons (Fsp3) is 0.105. The minimum Gasteiger partial charge on any atom is -0.472 e. The van der Waals surface area contributed by atoms with Crippen LogP contribution in [0.2, 0.25) is 0 Å². The van der Waals surface area contributed by atoms with Gasteiger partial charge in [-0.25, -0.2) is 9.97 Å². The molecular formula is C19H16N6O. The van der Waals surface area contributed by atoms with Gasteiger partial charge in [0.2, 0.25) is 5.95 Å². The zero-order chi connectivity index (χ0) is 17.6. The normalized spacial score (nSPS) is 10.6. The van der Waals surface area contributed by atoms with E-state index in [4.69, 9.17) is 4.42 Å². The van der Waals surface area contributed by atoms with Crippen LogP contribution in [0.25, 0.3) is 22.4 Å². The SMILES string of the molecule is c1cc(-c2cnc(NCCc3cnccn3)nc2-c2ccoc2)ccn1. The number of furan rings is 1. The summed E-state index contributed by atoms with van der Waals surface area (Å²) in [5, 5.41) is 3.24. The molecule has 4 heterocycles. The van der Waals surface area contributed by atoms with Gasteiger partial charge in [-0.2, -0.15) is 0 Å². The van der Waals surface area contributed by atoms with E-state index in [9.17, 15) is 0 Å². The Balaban J connectivity index is 1.58. The molecule has 0 aliphatic rings. The van der Waals surface area contributed by atoms with Crippen LogP contribution in [0.4, 0.5) is 5.95 Å². The van der Waals surface area contributed by atoms with E-state index < -0.39 is 0 Å². The Kier molecular flexibility index (Phi) is 4.60. The number of nitrogens with zero attached hydrogens (tertiary/aromatic N) is 5. The van der Waals surface area contributed by atoms with Crippen LogP contribution >= 0.6 is 0 Å². The first-order valence-corrected chi connectivity index (χ1v) is 8.19. The van der Waals surface area contributed by atoms with Gasteiger partial charge >= 0.3 is 0 Å². The first-order chi connectivity index (χ1) is 12.9. The summed E-state index contributed by atoms with van der Waals surface area (Å²) in [4.78, 5) is 21.5. The number of aromatic nitrogens is 5. The zero-order valence-corrected chi connectivity index (χ0v) is 13.9. The van der Waals surface area contributed by atoms with E-state index in [1.807, 2.05) is 24.4 Å². The van der Waals surface area contributed by atoms with Gasteiger partial charge < -0.3 is 9.73 Å². The molecule has 0 bridgehead atoms. The lowest BCUT2D eigenvalue weighted by Gasteiger charge is -2.10. The molecule has 0 radical (unpaired) electrons. The average molecular weight is 344 g/mol. The van der Waals surface area contributed by atoms with Crippen molar-refractivity contribution in [3.05, 3.63) is 73.6 Å². The molecule has 4 rings (SSSR count). The van der Waals surface area contributed by atoms with Crippen molar-refractivity contribution < 1.29 is 4.42 Å². The molecule has 4 aromatic heterocycles. The summed E-state index contributed by atoms with van der Waals surface area (Å²) in [6.45, 7) is 0.665. The molecule has 4 aromatic rings. The Morgan fingerprint density at radius 3 is 2.58 bits per heavy atom. The summed E-state index contributed by atoms with van der Waals surface area (Å²) in [6, 6.07) is 5.75. The number of anilines is 1. The highest BCUT2D eigenvalue weighted by molar-refractivity contribution is 5.80. The highest BCUT2D eigenvalue weighted by Gasteiger charge is 2.12. The third kappa shape index (κ3) is 3.56. The van der Waals surface area contributed by atoms with Crippen molar-refractivity contribution in [2.45, 2.75) is 6.42 Å². The maximum Gasteiger partial charge on any atom is 0.223 e. The highest BCUT2D eigenvalue weighted by atomic mass is 16.3. The summed E-state index contributed by atoms with van der Waals surface area (Å²) in [5.41, 5.74) is 4.55. The molecule has 1 N–H and O–H groups in total. The van der Waals surface area contributed by atoms with Crippen LogP contribution in [0, 0.1) is 0 Å². The van der Waals surface area contributed by atoms with Crippen molar-refractivity contribution >= 4 is 5.95 Å². The molecule has 26 heavy (non-hydrogen) atoms. The Morgan fingerprint density at radius 2 is 1.81 bits per heavy atom. The predicted molar refractivity (Wildman–Crippen MR) is 97.2 cm³/mol. The van der Waals surface area contributed by atoms with Crippen LogP contribution in [0.1, 0.15) is 5.69 Å². The topological polar surface area (TPSA) is 89.6 Å². The van der Waals surface area contributed by atoms with Gasteiger partial charge in [0.05, 0.1) is 23.9 Å². The Labute approximate surface area is 150 Å². The van der Waals surface area contributed by atoms with Gasteiger partial charge in [0, 0.05) is 61.3 Å². The quantitative estimate of drug-likeness (QED) is 0.574. The van der Waals surface area contributed by atoms with Crippen molar-refractivity contribution in [1.82, 2.24) is 24.9 Å². The van der Waals surface area contributed by atoms with Crippen LogP contribution in [-0.4, -0.2) is 31.5 Å². The number of hydrogen-bond acceptors (Lipinski definition) is 7. The minimum absolute atomic E-state index is 0.558. The van der Waals surface area contributed by atoms with E-state index in [0.717, 1.165) is 34.5 Å². The number of nitrogens with one attached hydrogen (secondary N) is 1. The maximum absolute atomic E-state index is 5.23. The molecule has 7 nitrogen and oxygen atoms in total. The van der Waals surface area contributed by atoms with Crippen molar-refractivity contribution in [3.8, 4) is 22.4 Å². The largest absolute Gasteiger partial charge is 0.472 e. The number of rotatable bonds is 6. The van der Waals surface area contributed by atoms with E-state index in [1.165, 1.54) is 0 Å². The molecule has 0 atom stereocenters. The van der Waals surface area contributed by atoms with Gasteiger partial charge in [-0.15, -0.1) is 0 Å². The summed E-state index contributed by atoms with van der Waals surface area (Å²) in [7, 11) is 0. The molecule has 7 heteroatoms. The van der Waals surface area contributed by atoms with Crippen molar-refractivity contribution in [1.29, 1.82) is 0 Å². The second-order valence-corrected chi connectivity index (χ2v) is 5.58. The first-order valence-electron chi connectivity index (χ1n) is 8.19.